The summed E-state index contributed by atoms with van der Waals surface area (Å²) in [5.41, 5.74) is 6.91. The van der Waals surface area contributed by atoms with Gasteiger partial charge >= 0.3 is 0 Å². The van der Waals surface area contributed by atoms with Crippen molar-refractivity contribution in [2.45, 2.75) is 0 Å². The Morgan fingerprint density at radius 2 is 0.750 bits per heavy atom. The van der Waals surface area contributed by atoms with Crippen molar-refractivity contribution in [3.63, 3.8) is 0 Å². The van der Waals surface area contributed by atoms with E-state index in [1.165, 1.54) is 43.8 Å². The van der Waals surface area contributed by atoms with Crippen LogP contribution < -0.4 is 0 Å². The summed E-state index contributed by atoms with van der Waals surface area (Å²) in [6.45, 7) is 2.79. The molecule has 5 aromatic rings. The summed E-state index contributed by atoms with van der Waals surface area (Å²) < 4.78 is 11.3. The number of rotatable bonds is 4. The first-order valence-corrected chi connectivity index (χ1v) is 12.4. The lowest BCUT2D eigenvalue weighted by molar-refractivity contribution is 0.348. The van der Waals surface area contributed by atoms with E-state index in [-0.39, 0.29) is 0 Å². The van der Waals surface area contributed by atoms with Crippen LogP contribution in [0.3, 0.4) is 0 Å². The summed E-state index contributed by atoms with van der Waals surface area (Å²) in [6, 6.07) is 34.6. The largest absolute Gasteiger partial charge is 0.476 e. The summed E-state index contributed by atoms with van der Waals surface area (Å²) in [4.78, 5) is 8.93. The molecule has 0 saturated carbocycles. The molecule has 0 saturated heterocycles. The third-order valence-electron chi connectivity index (χ3n) is 6.94. The second-order valence-electron chi connectivity index (χ2n) is 9.07. The van der Waals surface area contributed by atoms with Crippen LogP contribution in [-0.4, -0.2) is 38.1 Å². The van der Waals surface area contributed by atoms with Gasteiger partial charge in [-0.15, -0.1) is 0 Å². The Balaban J connectivity index is 1.43. The van der Waals surface area contributed by atoms with Gasteiger partial charge in [-0.25, -0.2) is 9.98 Å². The van der Waals surface area contributed by atoms with E-state index in [9.17, 15) is 0 Å². The SMILES string of the molecule is c1ccc2c(-c3ccc(C4=NCCO4)cc3)c3ccccc3c(-c3ccc(C4=NCCO4)cc3)c2c1. The van der Waals surface area contributed by atoms with Gasteiger partial charge in [0.05, 0.1) is 13.1 Å². The number of hydrogen-bond acceptors (Lipinski definition) is 4. The van der Waals surface area contributed by atoms with Crippen molar-refractivity contribution in [1.29, 1.82) is 0 Å². The van der Waals surface area contributed by atoms with Crippen LogP contribution in [0.1, 0.15) is 11.1 Å². The van der Waals surface area contributed by atoms with Crippen LogP contribution in [0.5, 0.6) is 0 Å². The van der Waals surface area contributed by atoms with Gasteiger partial charge in [-0.05, 0) is 68.1 Å². The average molecular weight is 469 g/mol. The van der Waals surface area contributed by atoms with Gasteiger partial charge in [0.15, 0.2) is 0 Å². The van der Waals surface area contributed by atoms with Crippen molar-refractivity contribution in [2.24, 2.45) is 9.98 Å². The lowest BCUT2D eigenvalue weighted by Gasteiger charge is -2.18. The van der Waals surface area contributed by atoms with E-state index in [0.717, 1.165) is 36.0 Å². The Morgan fingerprint density at radius 1 is 0.417 bits per heavy atom. The zero-order valence-electron chi connectivity index (χ0n) is 19.8. The smallest absolute Gasteiger partial charge is 0.216 e. The van der Waals surface area contributed by atoms with Gasteiger partial charge in [0, 0.05) is 11.1 Å². The fourth-order valence-electron chi connectivity index (χ4n) is 5.33. The summed E-state index contributed by atoms with van der Waals surface area (Å²) in [5.74, 6) is 1.48. The van der Waals surface area contributed by atoms with Crippen molar-refractivity contribution in [2.75, 3.05) is 26.3 Å². The predicted octanol–water partition coefficient (Wildman–Crippen LogP) is 6.88. The van der Waals surface area contributed by atoms with E-state index in [1.807, 2.05) is 0 Å². The number of hydrogen-bond donors (Lipinski definition) is 0. The number of ether oxygens (including phenoxy) is 2. The summed E-state index contributed by atoms with van der Waals surface area (Å²) in [5, 5.41) is 4.95. The Hall–Kier alpha value is -4.44. The molecule has 36 heavy (non-hydrogen) atoms. The van der Waals surface area contributed by atoms with Crippen LogP contribution in [0.15, 0.2) is 107 Å². The molecule has 0 aliphatic carbocycles. The predicted molar refractivity (Wildman–Crippen MR) is 147 cm³/mol. The quantitative estimate of drug-likeness (QED) is 0.270. The van der Waals surface area contributed by atoms with Crippen molar-refractivity contribution < 1.29 is 9.47 Å². The van der Waals surface area contributed by atoms with Crippen molar-refractivity contribution in [3.8, 4) is 22.3 Å². The van der Waals surface area contributed by atoms with E-state index >= 15 is 0 Å². The maximum absolute atomic E-state index is 5.67. The Bertz CT molecular complexity index is 1480. The number of nitrogens with zero attached hydrogens (tertiary/aromatic N) is 2. The standard InChI is InChI=1S/C32H24N2O2/c1-2-6-26-25(5-1)29(21-9-13-23(14-10-21)31-33-17-19-35-31)27-7-3-4-8-28(27)30(26)22-11-15-24(16-12-22)32-34-18-20-36-32/h1-16H,17-20H2. The summed E-state index contributed by atoms with van der Waals surface area (Å²) in [6.07, 6.45) is 0. The molecule has 0 atom stereocenters. The van der Waals surface area contributed by atoms with Crippen LogP contribution in [-0.2, 0) is 9.47 Å². The fraction of sp³-hybridized carbons (Fsp3) is 0.125. The maximum atomic E-state index is 5.67. The minimum atomic E-state index is 0.663. The van der Waals surface area contributed by atoms with E-state index in [0.29, 0.717) is 13.2 Å². The molecule has 0 spiro atoms. The number of benzene rings is 5. The molecule has 174 valence electrons. The van der Waals surface area contributed by atoms with Crippen molar-refractivity contribution in [3.05, 3.63) is 108 Å². The van der Waals surface area contributed by atoms with Crippen LogP contribution in [0, 0.1) is 0 Å². The molecule has 0 fully saturated rings. The van der Waals surface area contributed by atoms with Gasteiger partial charge in [0.2, 0.25) is 11.8 Å². The zero-order chi connectivity index (χ0) is 23.9. The zero-order valence-corrected chi connectivity index (χ0v) is 19.8. The third kappa shape index (κ3) is 3.45. The number of aliphatic imine (C=N–C) groups is 2. The number of fused-ring (bicyclic) bond motifs is 2. The molecule has 0 unspecified atom stereocenters. The molecule has 2 aliphatic rings. The molecule has 7 rings (SSSR count). The van der Waals surface area contributed by atoms with Gasteiger partial charge in [-0.2, -0.15) is 0 Å². The first-order valence-electron chi connectivity index (χ1n) is 12.4. The molecule has 0 N–H and O–H groups in total. The average Bonchev–Trinajstić information content (AvgIpc) is 3.67. The van der Waals surface area contributed by atoms with Crippen molar-refractivity contribution >= 4 is 33.3 Å². The van der Waals surface area contributed by atoms with Gasteiger partial charge in [0.1, 0.15) is 13.2 Å². The molecule has 0 aromatic heterocycles. The molecule has 0 bridgehead atoms. The van der Waals surface area contributed by atoms with E-state index in [2.05, 4.69) is 107 Å². The minimum absolute atomic E-state index is 0.663. The summed E-state index contributed by atoms with van der Waals surface area (Å²) >= 11 is 0. The lowest BCUT2D eigenvalue weighted by Crippen LogP contribution is -2.01. The summed E-state index contributed by atoms with van der Waals surface area (Å²) in [7, 11) is 0. The second kappa shape index (κ2) is 8.65. The van der Waals surface area contributed by atoms with E-state index in [4.69, 9.17) is 9.47 Å². The van der Waals surface area contributed by atoms with Crippen LogP contribution in [0.2, 0.25) is 0 Å². The maximum Gasteiger partial charge on any atom is 0.216 e. The fourth-order valence-corrected chi connectivity index (χ4v) is 5.33. The molecule has 4 nitrogen and oxygen atoms in total. The van der Waals surface area contributed by atoms with Gasteiger partial charge in [-0.3, -0.25) is 0 Å². The topological polar surface area (TPSA) is 43.2 Å². The lowest BCUT2D eigenvalue weighted by atomic mass is 9.85. The van der Waals surface area contributed by atoms with Crippen LogP contribution in [0.25, 0.3) is 43.8 Å². The van der Waals surface area contributed by atoms with E-state index in [1.54, 1.807) is 0 Å². The van der Waals surface area contributed by atoms with E-state index < -0.39 is 0 Å². The first kappa shape index (κ1) is 20.9. The monoisotopic (exact) mass is 468 g/mol. The first-order chi connectivity index (χ1) is 17.9. The normalized spacial score (nSPS) is 15.0. The minimum Gasteiger partial charge on any atom is -0.476 e. The van der Waals surface area contributed by atoms with Crippen LogP contribution >= 0.6 is 0 Å². The molecule has 5 aromatic carbocycles. The molecule has 0 amide bonds. The third-order valence-corrected chi connectivity index (χ3v) is 6.94. The Morgan fingerprint density at radius 3 is 1.06 bits per heavy atom. The van der Waals surface area contributed by atoms with Gasteiger partial charge in [0.25, 0.3) is 0 Å². The highest BCUT2D eigenvalue weighted by Crippen LogP contribution is 2.43. The molecule has 4 heteroatoms. The molecule has 2 aliphatic heterocycles. The highest BCUT2D eigenvalue weighted by atomic mass is 16.5. The second-order valence-corrected chi connectivity index (χ2v) is 9.07. The highest BCUT2D eigenvalue weighted by Gasteiger charge is 2.18. The molecule has 0 radical (unpaired) electrons. The van der Waals surface area contributed by atoms with Crippen LogP contribution in [0.4, 0.5) is 0 Å². The van der Waals surface area contributed by atoms with Gasteiger partial charge in [-0.1, -0.05) is 72.8 Å². The molecular formula is C32H24N2O2. The van der Waals surface area contributed by atoms with Crippen molar-refractivity contribution in [1.82, 2.24) is 0 Å². The van der Waals surface area contributed by atoms with Gasteiger partial charge < -0.3 is 9.47 Å². The molecule has 2 heterocycles. The Kier molecular flexibility index (Phi) is 5.02. The Labute approximate surface area is 209 Å². The molecular weight excluding hydrogens is 444 g/mol. The highest BCUT2D eigenvalue weighted by molar-refractivity contribution is 6.21.